The summed E-state index contributed by atoms with van der Waals surface area (Å²) < 4.78 is 2.22. The van der Waals surface area contributed by atoms with E-state index in [1.165, 1.54) is 24.0 Å². The van der Waals surface area contributed by atoms with Crippen LogP contribution in [0.4, 0.5) is 5.82 Å². The molecule has 2 heterocycles. The number of benzene rings is 1. The number of anilines is 1. The molecule has 1 aromatic carbocycles. The highest BCUT2D eigenvalue weighted by molar-refractivity contribution is 5.74. The van der Waals surface area contributed by atoms with Crippen LogP contribution in [0.15, 0.2) is 18.2 Å². The summed E-state index contributed by atoms with van der Waals surface area (Å²) in [6, 6.07) is 6.93. The molecule has 2 N–H and O–H groups in total. The number of imidazole rings is 1. The topological polar surface area (TPSA) is 43.8 Å². The van der Waals surface area contributed by atoms with E-state index in [2.05, 4.69) is 43.5 Å². The summed E-state index contributed by atoms with van der Waals surface area (Å²) in [5.41, 5.74) is 11.0. The van der Waals surface area contributed by atoms with Gasteiger partial charge in [0.25, 0.3) is 0 Å². The van der Waals surface area contributed by atoms with Gasteiger partial charge in [-0.1, -0.05) is 23.8 Å². The molecule has 0 amide bonds. The number of nitrogens with two attached hydrogens (primary N) is 1. The van der Waals surface area contributed by atoms with Gasteiger partial charge in [-0.25, -0.2) is 4.98 Å². The third kappa shape index (κ3) is 1.93. The van der Waals surface area contributed by atoms with Crippen molar-refractivity contribution in [3.05, 3.63) is 35.2 Å². The lowest BCUT2D eigenvalue weighted by Crippen LogP contribution is -2.16. The van der Waals surface area contributed by atoms with Gasteiger partial charge < -0.3 is 10.3 Å². The number of nitrogens with zero attached hydrogens (tertiary/aromatic N) is 2. The molecule has 1 aliphatic heterocycles. The van der Waals surface area contributed by atoms with Gasteiger partial charge in [0.05, 0.1) is 0 Å². The van der Waals surface area contributed by atoms with E-state index >= 15 is 0 Å². The lowest BCUT2D eigenvalue weighted by Gasteiger charge is -2.22. The molecule has 1 aromatic heterocycles. The number of aryl methyl sites for hydroxylation is 3. The Morgan fingerprint density at radius 3 is 2.79 bits per heavy atom. The normalized spacial score (nSPS) is 18.4. The second-order valence-electron chi connectivity index (χ2n) is 5.69. The van der Waals surface area contributed by atoms with Crippen molar-refractivity contribution in [1.82, 2.24) is 9.55 Å². The minimum absolute atomic E-state index is 0.468. The first-order valence-electron chi connectivity index (χ1n) is 7.02. The van der Waals surface area contributed by atoms with Gasteiger partial charge in [-0.2, -0.15) is 0 Å². The summed E-state index contributed by atoms with van der Waals surface area (Å²) in [7, 11) is 0. The maximum Gasteiger partial charge on any atom is 0.131 e. The van der Waals surface area contributed by atoms with Crippen LogP contribution < -0.4 is 5.73 Å². The Bertz CT molecular complexity index is 625. The molecule has 1 aliphatic rings. The van der Waals surface area contributed by atoms with Gasteiger partial charge in [-0.05, 0) is 39.2 Å². The fraction of sp³-hybridized carbons (Fsp3) is 0.438. The zero-order valence-electron chi connectivity index (χ0n) is 11.9. The van der Waals surface area contributed by atoms with Crippen molar-refractivity contribution in [2.24, 2.45) is 0 Å². The molecule has 0 saturated heterocycles. The molecule has 0 aliphatic carbocycles. The zero-order valence-corrected chi connectivity index (χ0v) is 11.9. The van der Waals surface area contributed by atoms with Gasteiger partial charge in [-0.15, -0.1) is 0 Å². The number of hydrogen-bond acceptors (Lipinski definition) is 2. The summed E-state index contributed by atoms with van der Waals surface area (Å²) in [5.74, 6) is 1.97. The molecule has 0 spiro atoms. The van der Waals surface area contributed by atoms with Gasteiger partial charge in [0.2, 0.25) is 0 Å². The molecule has 0 radical (unpaired) electrons. The highest BCUT2D eigenvalue weighted by atomic mass is 15.2. The van der Waals surface area contributed by atoms with Gasteiger partial charge in [0, 0.05) is 18.0 Å². The lowest BCUT2D eigenvalue weighted by molar-refractivity contribution is 0.430. The number of rotatable bonds is 1. The van der Waals surface area contributed by atoms with Crippen molar-refractivity contribution >= 4 is 5.82 Å². The number of nitrogen functional groups attached to an aromatic ring is 1. The van der Waals surface area contributed by atoms with Crippen LogP contribution in [0, 0.1) is 13.8 Å². The Morgan fingerprint density at radius 1 is 1.32 bits per heavy atom. The van der Waals surface area contributed by atoms with E-state index in [-0.39, 0.29) is 0 Å². The standard InChI is InChI=1S/C16H21N3/c1-10-7-8-13(11(2)9-10)15-16(17)19-12(3)5-4-6-14(19)18-15/h7-9,12H,4-6,17H2,1-3H3. The summed E-state index contributed by atoms with van der Waals surface area (Å²) in [6.07, 6.45) is 3.45. The van der Waals surface area contributed by atoms with E-state index in [1.807, 2.05) is 0 Å². The van der Waals surface area contributed by atoms with Crippen LogP contribution in [-0.2, 0) is 6.42 Å². The molecule has 3 heteroatoms. The average Bonchev–Trinajstić information content (AvgIpc) is 2.68. The summed E-state index contributed by atoms with van der Waals surface area (Å²) in [4.78, 5) is 4.80. The zero-order chi connectivity index (χ0) is 13.6. The molecule has 0 fully saturated rings. The summed E-state index contributed by atoms with van der Waals surface area (Å²) in [5, 5.41) is 0. The largest absolute Gasteiger partial charge is 0.383 e. The van der Waals surface area contributed by atoms with Crippen molar-refractivity contribution in [1.29, 1.82) is 0 Å². The van der Waals surface area contributed by atoms with Crippen LogP contribution in [0.25, 0.3) is 11.3 Å². The molecule has 100 valence electrons. The fourth-order valence-corrected chi connectivity index (χ4v) is 3.12. The first-order chi connectivity index (χ1) is 9.08. The van der Waals surface area contributed by atoms with E-state index in [1.54, 1.807) is 0 Å². The van der Waals surface area contributed by atoms with Gasteiger partial charge in [0.15, 0.2) is 0 Å². The molecule has 2 aromatic rings. The summed E-state index contributed by atoms with van der Waals surface area (Å²) in [6.45, 7) is 6.47. The van der Waals surface area contributed by atoms with E-state index < -0.39 is 0 Å². The van der Waals surface area contributed by atoms with E-state index in [4.69, 9.17) is 10.7 Å². The maximum absolute atomic E-state index is 6.35. The smallest absolute Gasteiger partial charge is 0.131 e. The van der Waals surface area contributed by atoms with Crippen LogP contribution in [0.1, 0.15) is 42.8 Å². The Morgan fingerprint density at radius 2 is 2.11 bits per heavy atom. The third-order valence-corrected chi connectivity index (χ3v) is 4.12. The predicted molar refractivity (Wildman–Crippen MR) is 79.2 cm³/mol. The molecule has 1 atom stereocenters. The highest BCUT2D eigenvalue weighted by Gasteiger charge is 2.23. The molecular weight excluding hydrogens is 234 g/mol. The van der Waals surface area contributed by atoms with Crippen LogP contribution in [-0.4, -0.2) is 9.55 Å². The molecule has 3 rings (SSSR count). The Labute approximate surface area is 114 Å². The Balaban J connectivity index is 2.16. The quantitative estimate of drug-likeness (QED) is 0.845. The second-order valence-corrected chi connectivity index (χ2v) is 5.69. The van der Waals surface area contributed by atoms with Crippen molar-refractivity contribution in [2.75, 3.05) is 5.73 Å². The Kier molecular flexibility index (Phi) is 2.85. The molecule has 3 nitrogen and oxygen atoms in total. The number of aromatic nitrogens is 2. The van der Waals surface area contributed by atoms with E-state index in [0.717, 1.165) is 29.3 Å². The van der Waals surface area contributed by atoms with Crippen molar-refractivity contribution in [3.8, 4) is 11.3 Å². The van der Waals surface area contributed by atoms with Crippen LogP contribution in [0.5, 0.6) is 0 Å². The third-order valence-electron chi connectivity index (χ3n) is 4.12. The monoisotopic (exact) mass is 255 g/mol. The van der Waals surface area contributed by atoms with Crippen LogP contribution in [0.3, 0.4) is 0 Å². The molecule has 0 bridgehead atoms. The fourth-order valence-electron chi connectivity index (χ4n) is 3.12. The lowest BCUT2D eigenvalue weighted by atomic mass is 10.0. The first kappa shape index (κ1) is 12.3. The van der Waals surface area contributed by atoms with Gasteiger partial charge in [-0.3, -0.25) is 0 Å². The van der Waals surface area contributed by atoms with Crippen molar-refractivity contribution < 1.29 is 0 Å². The van der Waals surface area contributed by atoms with Gasteiger partial charge in [0.1, 0.15) is 17.3 Å². The minimum Gasteiger partial charge on any atom is -0.383 e. The summed E-state index contributed by atoms with van der Waals surface area (Å²) >= 11 is 0. The molecule has 0 saturated carbocycles. The predicted octanol–water partition coefficient (Wildman–Crippen LogP) is 3.65. The molecule has 1 unspecified atom stereocenters. The molecular formula is C16H21N3. The van der Waals surface area contributed by atoms with Gasteiger partial charge >= 0.3 is 0 Å². The van der Waals surface area contributed by atoms with Crippen LogP contribution in [0.2, 0.25) is 0 Å². The van der Waals surface area contributed by atoms with E-state index in [9.17, 15) is 0 Å². The highest BCUT2D eigenvalue weighted by Crippen LogP contribution is 2.35. The van der Waals surface area contributed by atoms with Crippen molar-refractivity contribution in [3.63, 3.8) is 0 Å². The maximum atomic E-state index is 6.35. The van der Waals surface area contributed by atoms with Crippen molar-refractivity contribution in [2.45, 2.75) is 46.1 Å². The average molecular weight is 255 g/mol. The van der Waals surface area contributed by atoms with Crippen LogP contribution >= 0.6 is 0 Å². The minimum atomic E-state index is 0.468. The SMILES string of the molecule is Cc1ccc(-c2nc3n(c2N)C(C)CCC3)c(C)c1. The molecule has 19 heavy (non-hydrogen) atoms. The second kappa shape index (κ2) is 4.41. The number of hydrogen-bond donors (Lipinski definition) is 1. The van der Waals surface area contributed by atoms with E-state index in [0.29, 0.717) is 6.04 Å². The Hall–Kier alpha value is -1.77. The first-order valence-corrected chi connectivity index (χ1v) is 7.02. The number of fused-ring (bicyclic) bond motifs is 1.